The molecule has 2 rings (SSSR count). The Bertz CT molecular complexity index is 425. The second kappa shape index (κ2) is 6.49. The van der Waals surface area contributed by atoms with Crippen LogP contribution in [0, 0.1) is 11.8 Å². The number of hydrogen-bond donors (Lipinski definition) is 1. The van der Waals surface area contributed by atoms with Crippen molar-refractivity contribution in [3.05, 3.63) is 23.2 Å². The minimum atomic E-state index is 0.615. The molecule has 0 aromatic heterocycles. The Morgan fingerprint density at radius 1 is 1.53 bits per heavy atom. The maximum atomic E-state index is 6.18. The highest BCUT2D eigenvalue weighted by molar-refractivity contribution is 6.32. The van der Waals surface area contributed by atoms with E-state index < -0.39 is 0 Å². The summed E-state index contributed by atoms with van der Waals surface area (Å²) in [5.41, 5.74) is 6.89. The minimum Gasteiger partial charge on any atom is -0.495 e. The van der Waals surface area contributed by atoms with Gasteiger partial charge >= 0.3 is 0 Å². The third-order valence-corrected chi connectivity index (χ3v) is 4.22. The largest absolute Gasteiger partial charge is 0.495 e. The Balaban J connectivity index is 1.98. The van der Waals surface area contributed by atoms with Crippen molar-refractivity contribution in [3.63, 3.8) is 0 Å². The van der Waals surface area contributed by atoms with E-state index in [-0.39, 0.29) is 0 Å². The molecule has 0 amide bonds. The molecule has 1 aromatic rings. The van der Waals surface area contributed by atoms with Crippen LogP contribution in [-0.4, -0.2) is 26.7 Å². The van der Waals surface area contributed by atoms with Crippen molar-refractivity contribution in [2.75, 3.05) is 31.6 Å². The summed E-state index contributed by atoms with van der Waals surface area (Å²) in [7, 11) is 1.64. The maximum Gasteiger partial charge on any atom is 0.137 e. The molecular formula is C15H23ClN2O. The number of anilines is 1. The molecule has 3 nitrogen and oxygen atoms in total. The van der Waals surface area contributed by atoms with Crippen molar-refractivity contribution in [1.82, 2.24) is 0 Å². The van der Waals surface area contributed by atoms with Gasteiger partial charge in [0.15, 0.2) is 0 Å². The molecule has 0 aliphatic carbocycles. The van der Waals surface area contributed by atoms with Crippen molar-refractivity contribution >= 4 is 17.3 Å². The Hall–Kier alpha value is -0.930. The Morgan fingerprint density at radius 3 is 2.95 bits per heavy atom. The van der Waals surface area contributed by atoms with E-state index in [1.165, 1.54) is 18.5 Å². The van der Waals surface area contributed by atoms with Crippen LogP contribution in [0.25, 0.3) is 0 Å². The summed E-state index contributed by atoms with van der Waals surface area (Å²) < 4.78 is 5.19. The monoisotopic (exact) mass is 282 g/mol. The Labute approximate surface area is 120 Å². The zero-order chi connectivity index (χ0) is 13.8. The average molecular weight is 283 g/mol. The molecule has 1 aliphatic rings. The number of rotatable bonds is 5. The first-order chi connectivity index (χ1) is 9.13. The fraction of sp³-hybridized carbons (Fsp3) is 0.600. The predicted molar refractivity (Wildman–Crippen MR) is 81.2 cm³/mol. The van der Waals surface area contributed by atoms with E-state index >= 15 is 0 Å². The zero-order valence-electron chi connectivity index (χ0n) is 11.7. The quantitative estimate of drug-likeness (QED) is 0.902. The summed E-state index contributed by atoms with van der Waals surface area (Å²) in [5, 5.41) is 0.679. The lowest BCUT2D eigenvalue weighted by molar-refractivity contribution is 0.415. The van der Waals surface area contributed by atoms with E-state index in [2.05, 4.69) is 17.9 Å². The number of ether oxygens (including phenoxy) is 1. The fourth-order valence-corrected chi connectivity index (χ4v) is 3.03. The van der Waals surface area contributed by atoms with Gasteiger partial charge in [0.1, 0.15) is 5.75 Å². The first-order valence-corrected chi connectivity index (χ1v) is 7.30. The summed E-state index contributed by atoms with van der Waals surface area (Å²) in [4.78, 5) is 2.40. The van der Waals surface area contributed by atoms with E-state index in [1.54, 1.807) is 7.11 Å². The molecule has 106 valence electrons. The SMILES string of the molecule is COc1ccc(N2CCC(CC(C)CN)C2)cc1Cl. The summed E-state index contributed by atoms with van der Waals surface area (Å²) >= 11 is 6.18. The summed E-state index contributed by atoms with van der Waals surface area (Å²) in [5.74, 6) is 2.10. The molecule has 19 heavy (non-hydrogen) atoms. The van der Waals surface area contributed by atoms with Crippen LogP contribution in [0.3, 0.4) is 0 Å². The van der Waals surface area contributed by atoms with Gasteiger partial charge in [0.05, 0.1) is 12.1 Å². The number of methoxy groups -OCH3 is 1. The van der Waals surface area contributed by atoms with Crippen LogP contribution in [-0.2, 0) is 0 Å². The average Bonchev–Trinajstić information content (AvgIpc) is 2.87. The van der Waals surface area contributed by atoms with E-state index in [9.17, 15) is 0 Å². The highest BCUT2D eigenvalue weighted by Gasteiger charge is 2.24. The van der Waals surface area contributed by atoms with Crippen LogP contribution in [0.15, 0.2) is 18.2 Å². The fourth-order valence-electron chi connectivity index (χ4n) is 2.78. The molecule has 1 heterocycles. The van der Waals surface area contributed by atoms with Crippen LogP contribution in [0.1, 0.15) is 19.8 Å². The van der Waals surface area contributed by atoms with Gasteiger partial charge in [0.2, 0.25) is 0 Å². The molecule has 0 spiro atoms. The highest BCUT2D eigenvalue weighted by Crippen LogP contribution is 2.33. The Kier molecular flexibility index (Phi) is 4.94. The van der Waals surface area contributed by atoms with Crippen molar-refractivity contribution in [2.45, 2.75) is 19.8 Å². The van der Waals surface area contributed by atoms with Crippen LogP contribution in [0.5, 0.6) is 5.75 Å². The van der Waals surface area contributed by atoms with Crippen LogP contribution < -0.4 is 15.4 Å². The van der Waals surface area contributed by atoms with Crippen molar-refractivity contribution in [2.24, 2.45) is 17.6 Å². The van der Waals surface area contributed by atoms with Crippen molar-refractivity contribution in [3.8, 4) is 5.75 Å². The zero-order valence-corrected chi connectivity index (χ0v) is 12.5. The molecule has 1 aliphatic heterocycles. The summed E-state index contributed by atoms with van der Waals surface area (Å²) in [6.07, 6.45) is 2.46. The van der Waals surface area contributed by atoms with Crippen LogP contribution >= 0.6 is 11.6 Å². The normalized spacial score (nSPS) is 20.6. The maximum absolute atomic E-state index is 6.18. The molecule has 0 saturated carbocycles. The first kappa shape index (κ1) is 14.5. The number of nitrogens with zero attached hydrogens (tertiary/aromatic N) is 1. The number of hydrogen-bond acceptors (Lipinski definition) is 3. The molecular weight excluding hydrogens is 260 g/mol. The molecule has 1 aromatic carbocycles. The molecule has 0 bridgehead atoms. The van der Waals surface area contributed by atoms with Gasteiger partial charge in [0.25, 0.3) is 0 Å². The highest BCUT2D eigenvalue weighted by atomic mass is 35.5. The number of nitrogens with two attached hydrogens (primary N) is 1. The second-order valence-corrected chi connectivity index (χ2v) is 5.90. The third-order valence-electron chi connectivity index (χ3n) is 3.92. The topological polar surface area (TPSA) is 38.5 Å². The molecule has 2 atom stereocenters. The molecule has 0 radical (unpaired) electrons. The smallest absolute Gasteiger partial charge is 0.137 e. The van der Waals surface area contributed by atoms with Gasteiger partial charge < -0.3 is 15.4 Å². The first-order valence-electron chi connectivity index (χ1n) is 6.92. The van der Waals surface area contributed by atoms with Crippen molar-refractivity contribution in [1.29, 1.82) is 0 Å². The van der Waals surface area contributed by atoms with Crippen LogP contribution in [0.2, 0.25) is 5.02 Å². The van der Waals surface area contributed by atoms with E-state index in [4.69, 9.17) is 22.1 Å². The lowest BCUT2D eigenvalue weighted by Gasteiger charge is -2.20. The minimum absolute atomic E-state index is 0.615. The number of halogens is 1. The number of benzene rings is 1. The van der Waals surface area contributed by atoms with Gasteiger partial charge in [0, 0.05) is 18.8 Å². The molecule has 1 saturated heterocycles. The van der Waals surface area contributed by atoms with E-state index in [0.29, 0.717) is 10.9 Å². The Morgan fingerprint density at radius 2 is 2.32 bits per heavy atom. The second-order valence-electron chi connectivity index (χ2n) is 5.50. The molecule has 4 heteroatoms. The third kappa shape index (κ3) is 3.54. The summed E-state index contributed by atoms with van der Waals surface area (Å²) in [6.45, 7) is 5.22. The van der Waals surface area contributed by atoms with Gasteiger partial charge in [-0.05, 0) is 49.4 Å². The van der Waals surface area contributed by atoms with Gasteiger partial charge in [-0.15, -0.1) is 0 Å². The van der Waals surface area contributed by atoms with Gasteiger partial charge in [-0.25, -0.2) is 0 Å². The molecule has 2 unspecified atom stereocenters. The lowest BCUT2D eigenvalue weighted by Crippen LogP contribution is -2.21. The van der Waals surface area contributed by atoms with Crippen molar-refractivity contribution < 1.29 is 4.74 Å². The van der Waals surface area contributed by atoms with Gasteiger partial charge in [-0.3, -0.25) is 0 Å². The van der Waals surface area contributed by atoms with Gasteiger partial charge in [-0.2, -0.15) is 0 Å². The van der Waals surface area contributed by atoms with Crippen LogP contribution in [0.4, 0.5) is 5.69 Å². The summed E-state index contributed by atoms with van der Waals surface area (Å²) in [6, 6.07) is 6.02. The van der Waals surface area contributed by atoms with E-state index in [0.717, 1.165) is 31.3 Å². The standard InChI is InChI=1S/C15H23ClN2O/c1-11(9-17)7-12-5-6-18(10-12)13-3-4-15(19-2)14(16)8-13/h3-4,8,11-12H,5-7,9-10,17H2,1-2H3. The van der Waals surface area contributed by atoms with Gasteiger partial charge in [-0.1, -0.05) is 18.5 Å². The molecule has 2 N–H and O–H groups in total. The predicted octanol–water partition coefficient (Wildman–Crippen LogP) is 3.16. The lowest BCUT2D eigenvalue weighted by atomic mass is 9.95. The molecule has 1 fully saturated rings. The van der Waals surface area contributed by atoms with E-state index in [1.807, 2.05) is 12.1 Å².